The van der Waals surface area contributed by atoms with Gasteiger partial charge in [-0.2, -0.15) is 0 Å². The summed E-state index contributed by atoms with van der Waals surface area (Å²) >= 11 is 1.61. The summed E-state index contributed by atoms with van der Waals surface area (Å²) in [7, 11) is 0. The van der Waals surface area contributed by atoms with Crippen molar-refractivity contribution in [3.63, 3.8) is 0 Å². The fourth-order valence-corrected chi connectivity index (χ4v) is 2.89. The quantitative estimate of drug-likeness (QED) is 0.675. The molecule has 2 aromatic heterocycles. The first-order valence-electron chi connectivity index (χ1n) is 7.68. The minimum atomic E-state index is -0.628. The Morgan fingerprint density at radius 1 is 1.31 bits per heavy atom. The van der Waals surface area contributed by atoms with E-state index in [1.54, 1.807) is 11.8 Å². The number of nitrogens with one attached hydrogen (secondary N) is 2. The summed E-state index contributed by atoms with van der Waals surface area (Å²) in [6.07, 6.45) is 5.85. The third kappa shape index (κ3) is 4.15. The van der Waals surface area contributed by atoms with Crippen LogP contribution in [-0.2, 0) is 6.42 Å². The van der Waals surface area contributed by atoms with Crippen molar-refractivity contribution >= 4 is 23.4 Å². The van der Waals surface area contributed by atoms with Gasteiger partial charge in [-0.05, 0) is 30.0 Å². The number of rotatable bonds is 5. The van der Waals surface area contributed by atoms with Crippen molar-refractivity contribution in [2.75, 3.05) is 11.6 Å². The molecule has 8 heteroatoms. The first-order valence-corrected chi connectivity index (χ1v) is 8.90. The Morgan fingerprint density at radius 3 is 2.92 bits per heavy atom. The van der Waals surface area contributed by atoms with Crippen LogP contribution in [0.1, 0.15) is 21.6 Å². The highest BCUT2D eigenvalue weighted by molar-refractivity contribution is 7.98. The van der Waals surface area contributed by atoms with E-state index in [1.165, 1.54) is 12.5 Å². The summed E-state index contributed by atoms with van der Waals surface area (Å²) in [4.78, 5) is 35.5. The van der Waals surface area contributed by atoms with Gasteiger partial charge in [-0.15, -0.1) is 11.8 Å². The number of nitrogens with zero attached hydrogens (tertiary/aromatic N) is 2. The third-order valence-electron chi connectivity index (χ3n) is 3.65. The van der Waals surface area contributed by atoms with E-state index in [1.807, 2.05) is 30.5 Å². The zero-order valence-electron chi connectivity index (χ0n) is 13.8. The standard InChI is InChI=1S/C18H15FN4O2S/c1-26-13-4-2-3-11(5-13)6-15-14(7-12(19)8-21-15)17(24)23-16-9-20-10-22-18(16)25/h2-5,7-10H,6H2,1H3,(H,23,24)(H,20,22,25). The summed E-state index contributed by atoms with van der Waals surface area (Å²) in [5.74, 6) is -1.25. The van der Waals surface area contributed by atoms with Gasteiger partial charge in [0.2, 0.25) is 0 Å². The summed E-state index contributed by atoms with van der Waals surface area (Å²) in [5.41, 5.74) is 0.929. The number of amides is 1. The van der Waals surface area contributed by atoms with Crippen LogP contribution in [0.15, 0.2) is 58.7 Å². The van der Waals surface area contributed by atoms with Gasteiger partial charge in [0.15, 0.2) is 0 Å². The molecule has 0 saturated heterocycles. The highest BCUT2D eigenvalue weighted by atomic mass is 32.2. The van der Waals surface area contributed by atoms with E-state index < -0.39 is 17.3 Å². The molecule has 6 nitrogen and oxygen atoms in total. The fraction of sp³-hybridized carbons (Fsp3) is 0.111. The van der Waals surface area contributed by atoms with Crippen LogP contribution >= 0.6 is 11.8 Å². The van der Waals surface area contributed by atoms with Crippen LogP contribution in [0, 0.1) is 5.82 Å². The van der Waals surface area contributed by atoms with Gasteiger partial charge in [0.05, 0.1) is 30.0 Å². The van der Waals surface area contributed by atoms with Gasteiger partial charge in [0, 0.05) is 11.3 Å². The van der Waals surface area contributed by atoms with Crippen LogP contribution in [0.2, 0.25) is 0 Å². The first-order chi connectivity index (χ1) is 12.6. The lowest BCUT2D eigenvalue weighted by Crippen LogP contribution is -2.21. The summed E-state index contributed by atoms with van der Waals surface area (Å²) in [6, 6.07) is 8.91. The van der Waals surface area contributed by atoms with E-state index in [0.717, 1.165) is 22.7 Å². The second-order valence-corrected chi connectivity index (χ2v) is 6.30. The lowest BCUT2D eigenvalue weighted by molar-refractivity contribution is 0.102. The molecule has 3 rings (SSSR count). The minimum Gasteiger partial charge on any atom is -0.316 e. The Bertz CT molecular complexity index is 1010. The Balaban J connectivity index is 1.91. The zero-order valence-corrected chi connectivity index (χ0v) is 14.6. The zero-order chi connectivity index (χ0) is 18.5. The van der Waals surface area contributed by atoms with Gasteiger partial charge in [-0.25, -0.2) is 9.37 Å². The molecule has 0 unspecified atom stereocenters. The van der Waals surface area contributed by atoms with Crippen LogP contribution in [0.5, 0.6) is 0 Å². The molecule has 0 radical (unpaired) electrons. The van der Waals surface area contributed by atoms with Gasteiger partial charge < -0.3 is 10.3 Å². The van der Waals surface area contributed by atoms with Crippen molar-refractivity contribution in [2.24, 2.45) is 0 Å². The molecule has 0 bridgehead atoms. The number of anilines is 1. The van der Waals surface area contributed by atoms with E-state index >= 15 is 0 Å². The van der Waals surface area contributed by atoms with Crippen LogP contribution in [0.4, 0.5) is 10.1 Å². The SMILES string of the molecule is CSc1cccc(Cc2ncc(F)cc2C(=O)Nc2cnc[nH]c2=O)c1. The van der Waals surface area contributed by atoms with Crippen molar-refractivity contribution in [3.05, 3.63) is 82.0 Å². The molecule has 0 fully saturated rings. The van der Waals surface area contributed by atoms with Crippen molar-refractivity contribution in [3.8, 4) is 0 Å². The number of carbonyl (C=O) groups is 1. The van der Waals surface area contributed by atoms with Gasteiger partial charge in [0.25, 0.3) is 11.5 Å². The maximum absolute atomic E-state index is 13.7. The fourth-order valence-electron chi connectivity index (χ4n) is 2.40. The highest BCUT2D eigenvalue weighted by Gasteiger charge is 2.16. The average molecular weight is 370 g/mol. The Morgan fingerprint density at radius 2 is 2.15 bits per heavy atom. The van der Waals surface area contributed by atoms with E-state index in [-0.39, 0.29) is 11.3 Å². The second kappa shape index (κ2) is 7.92. The number of aromatic amines is 1. The monoisotopic (exact) mass is 370 g/mol. The number of hydrogen-bond acceptors (Lipinski definition) is 5. The Labute approximate surface area is 152 Å². The van der Waals surface area contributed by atoms with E-state index in [4.69, 9.17) is 0 Å². The molecular formula is C18H15FN4O2S. The number of aromatic nitrogens is 3. The predicted molar refractivity (Wildman–Crippen MR) is 98.0 cm³/mol. The number of H-pyrrole nitrogens is 1. The molecule has 0 atom stereocenters. The normalized spacial score (nSPS) is 10.5. The number of carbonyl (C=O) groups excluding carboxylic acids is 1. The number of hydrogen-bond donors (Lipinski definition) is 2. The summed E-state index contributed by atoms with van der Waals surface area (Å²) in [6.45, 7) is 0. The van der Waals surface area contributed by atoms with Gasteiger partial charge >= 0.3 is 0 Å². The van der Waals surface area contributed by atoms with E-state index in [2.05, 4.69) is 20.3 Å². The number of halogens is 1. The van der Waals surface area contributed by atoms with E-state index in [9.17, 15) is 14.0 Å². The molecule has 132 valence electrons. The second-order valence-electron chi connectivity index (χ2n) is 5.42. The maximum atomic E-state index is 13.7. The molecule has 0 aliphatic carbocycles. The highest BCUT2D eigenvalue weighted by Crippen LogP contribution is 2.20. The lowest BCUT2D eigenvalue weighted by atomic mass is 10.0. The van der Waals surface area contributed by atoms with Crippen molar-refractivity contribution in [2.45, 2.75) is 11.3 Å². The molecule has 3 aromatic rings. The maximum Gasteiger partial charge on any atom is 0.274 e. The van der Waals surface area contributed by atoms with Crippen molar-refractivity contribution in [1.29, 1.82) is 0 Å². The molecule has 2 heterocycles. The van der Waals surface area contributed by atoms with E-state index in [0.29, 0.717) is 12.1 Å². The smallest absolute Gasteiger partial charge is 0.274 e. The molecule has 0 saturated carbocycles. The lowest BCUT2D eigenvalue weighted by Gasteiger charge is -2.10. The molecule has 2 N–H and O–H groups in total. The molecule has 26 heavy (non-hydrogen) atoms. The van der Waals surface area contributed by atoms with Gasteiger partial charge in [-0.1, -0.05) is 12.1 Å². The van der Waals surface area contributed by atoms with Gasteiger partial charge in [0.1, 0.15) is 11.5 Å². The molecule has 1 amide bonds. The van der Waals surface area contributed by atoms with Crippen LogP contribution in [0.3, 0.4) is 0 Å². The average Bonchev–Trinajstić information content (AvgIpc) is 2.65. The van der Waals surface area contributed by atoms with Crippen LogP contribution < -0.4 is 10.9 Å². The third-order valence-corrected chi connectivity index (χ3v) is 4.38. The number of pyridine rings is 1. The molecule has 0 aliphatic heterocycles. The summed E-state index contributed by atoms with van der Waals surface area (Å²) < 4.78 is 13.7. The molecule has 0 spiro atoms. The van der Waals surface area contributed by atoms with Gasteiger partial charge in [-0.3, -0.25) is 14.6 Å². The first kappa shape index (κ1) is 17.8. The van der Waals surface area contributed by atoms with Crippen LogP contribution in [0.25, 0.3) is 0 Å². The Hall–Kier alpha value is -3.00. The molecule has 1 aromatic carbocycles. The minimum absolute atomic E-state index is 0.0166. The van der Waals surface area contributed by atoms with Crippen molar-refractivity contribution in [1.82, 2.24) is 15.0 Å². The number of benzene rings is 1. The largest absolute Gasteiger partial charge is 0.316 e. The predicted octanol–water partition coefficient (Wildman–Crippen LogP) is 2.87. The Kier molecular flexibility index (Phi) is 5.43. The molecule has 0 aliphatic rings. The topological polar surface area (TPSA) is 87.7 Å². The molecular weight excluding hydrogens is 355 g/mol. The van der Waals surface area contributed by atoms with Crippen molar-refractivity contribution < 1.29 is 9.18 Å². The number of thioether (sulfide) groups is 1. The van der Waals surface area contributed by atoms with Crippen LogP contribution in [-0.4, -0.2) is 27.1 Å². The summed E-state index contributed by atoms with van der Waals surface area (Å²) in [5, 5.41) is 2.45.